The van der Waals surface area contributed by atoms with Gasteiger partial charge in [-0.3, -0.25) is 0 Å². The van der Waals surface area contributed by atoms with E-state index in [1.54, 1.807) is 7.05 Å². The van der Waals surface area contributed by atoms with E-state index in [1.807, 2.05) is 42.5 Å². The number of benzene rings is 2. The summed E-state index contributed by atoms with van der Waals surface area (Å²) < 4.78 is 26.2. The number of hydrogen-bond donors (Lipinski definition) is 0. The molecule has 0 saturated heterocycles. The molecule has 0 bridgehead atoms. The fourth-order valence-electron chi connectivity index (χ4n) is 2.26. The molecule has 0 saturated carbocycles. The standard InChI is InChI=1S/C18H23NO2S/c1-15(2)18-11-9-16(10-12-18)13-19(3)22(20,21)14-17-7-5-4-6-8-17/h4-12,15H,13-14H2,1-3H3. The van der Waals surface area contributed by atoms with Crippen molar-refractivity contribution in [2.75, 3.05) is 7.05 Å². The lowest BCUT2D eigenvalue weighted by molar-refractivity contribution is 0.466. The first-order valence-corrected chi connectivity index (χ1v) is 9.06. The summed E-state index contributed by atoms with van der Waals surface area (Å²) in [6.45, 7) is 4.68. The van der Waals surface area contributed by atoms with Crippen molar-refractivity contribution in [1.82, 2.24) is 4.31 Å². The molecule has 118 valence electrons. The maximum atomic E-state index is 12.4. The Morgan fingerprint density at radius 1 is 0.909 bits per heavy atom. The molecule has 0 N–H and O–H groups in total. The molecule has 0 aromatic heterocycles. The van der Waals surface area contributed by atoms with Crippen LogP contribution in [-0.4, -0.2) is 19.8 Å². The Bertz CT molecular complexity index is 692. The molecule has 0 aliphatic heterocycles. The second-order valence-corrected chi connectivity index (χ2v) is 7.97. The van der Waals surface area contributed by atoms with Gasteiger partial charge in [-0.15, -0.1) is 0 Å². The Morgan fingerprint density at radius 3 is 2.05 bits per heavy atom. The monoisotopic (exact) mass is 317 g/mol. The van der Waals surface area contributed by atoms with Crippen LogP contribution in [0.2, 0.25) is 0 Å². The lowest BCUT2D eigenvalue weighted by Gasteiger charge is -2.18. The topological polar surface area (TPSA) is 37.4 Å². The van der Waals surface area contributed by atoms with E-state index in [0.717, 1.165) is 11.1 Å². The van der Waals surface area contributed by atoms with Gasteiger partial charge in [-0.05, 0) is 22.6 Å². The summed E-state index contributed by atoms with van der Waals surface area (Å²) in [5, 5.41) is 0. The highest BCUT2D eigenvalue weighted by atomic mass is 32.2. The summed E-state index contributed by atoms with van der Waals surface area (Å²) >= 11 is 0. The molecule has 0 aliphatic carbocycles. The Morgan fingerprint density at radius 2 is 1.50 bits per heavy atom. The average molecular weight is 317 g/mol. The SMILES string of the molecule is CC(C)c1ccc(CN(C)S(=O)(=O)Cc2ccccc2)cc1. The normalized spacial score (nSPS) is 12.0. The third-order valence-corrected chi connectivity index (χ3v) is 5.50. The molecule has 0 heterocycles. The Labute approximate surface area is 133 Å². The van der Waals surface area contributed by atoms with Gasteiger partial charge >= 0.3 is 0 Å². The van der Waals surface area contributed by atoms with Crippen molar-refractivity contribution in [3.63, 3.8) is 0 Å². The summed E-state index contributed by atoms with van der Waals surface area (Å²) in [6.07, 6.45) is 0. The van der Waals surface area contributed by atoms with Gasteiger partial charge in [0.15, 0.2) is 0 Å². The van der Waals surface area contributed by atoms with Crippen molar-refractivity contribution in [1.29, 1.82) is 0 Å². The van der Waals surface area contributed by atoms with E-state index in [2.05, 4.69) is 26.0 Å². The Kier molecular flexibility index (Phi) is 5.37. The van der Waals surface area contributed by atoms with E-state index in [-0.39, 0.29) is 5.75 Å². The van der Waals surface area contributed by atoms with Gasteiger partial charge in [0.05, 0.1) is 5.75 Å². The van der Waals surface area contributed by atoms with E-state index in [0.29, 0.717) is 12.5 Å². The van der Waals surface area contributed by atoms with Crippen LogP contribution in [0, 0.1) is 0 Å². The molecule has 0 fully saturated rings. The highest BCUT2D eigenvalue weighted by Gasteiger charge is 2.18. The largest absolute Gasteiger partial charge is 0.218 e. The third kappa shape index (κ3) is 4.42. The minimum Gasteiger partial charge on any atom is -0.212 e. The molecule has 3 nitrogen and oxygen atoms in total. The van der Waals surface area contributed by atoms with Crippen molar-refractivity contribution in [3.8, 4) is 0 Å². The zero-order valence-corrected chi connectivity index (χ0v) is 14.2. The van der Waals surface area contributed by atoms with Gasteiger partial charge in [-0.2, -0.15) is 0 Å². The fourth-order valence-corrected chi connectivity index (χ4v) is 3.44. The molecule has 0 amide bonds. The fraction of sp³-hybridized carbons (Fsp3) is 0.333. The predicted octanol–water partition coefficient (Wildman–Crippen LogP) is 3.77. The highest BCUT2D eigenvalue weighted by Crippen LogP contribution is 2.17. The summed E-state index contributed by atoms with van der Waals surface area (Å²) in [5.41, 5.74) is 3.08. The van der Waals surface area contributed by atoms with Crippen LogP contribution < -0.4 is 0 Å². The van der Waals surface area contributed by atoms with Crippen molar-refractivity contribution >= 4 is 10.0 Å². The smallest absolute Gasteiger partial charge is 0.212 e. The van der Waals surface area contributed by atoms with E-state index >= 15 is 0 Å². The first kappa shape index (κ1) is 16.7. The number of sulfonamides is 1. The predicted molar refractivity (Wildman–Crippen MR) is 91.1 cm³/mol. The quantitative estimate of drug-likeness (QED) is 0.813. The molecule has 22 heavy (non-hydrogen) atoms. The van der Waals surface area contributed by atoms with Crippen molar-refractivity contribution in [2.24, 2.45) is 0 Å². The van der Waals surface area contributed by atoms with Crippen molar-refractivity contribution < 1.29 is 8.42 Å². The second-order valence-electron chi connectivity index (χ2n) is 5.89. The Hall–Kier alpha value is -1.65. The lowest BCUT2D eigenvalue weighted by Crippen LogP contribution is -2.27. The lowest BCUT2D eigenvalue weighted by atomic mass is 10.0. The first-order valence-electron chi connectivity index (χ1n) is 7.45. The molecule has 0 radical (unpaired) electrons. The van der Waals surface area contributed by atoms with Crippen LogP contribution in [0.1, 0.15) is 36.5 Å². The maximum absolute atomic E-state index is 12.4. The highest BCUT2D eigenvalue weighted by molar-refractivity contribution is 7.88. The van der Waals surface area contributed by atoms with Crippen LogP contribution >= 0.6 is 0 Å². The first-order chi connectivity index (χ1) is 10.4. The van der Waals surface area contributed by atoms with Crippen LogP contribution in [0.3, 0.4) is 0 Å². The van der Waals surface area contributed by atoms with E-state index in [9.17, 15) is 8.42 Å². The zero-order valence-electron chi connectivity index (χ0n) is 13.4. The van der Waals surface area contributed by atoms with E-state index in [1.165, 1.54) is 9.87 Å². The van der Waals surface area contributed by atoms with Crippen LogP contribution in [-0.2, 0) is 22.3 Å². The maximum Gasteiger partial charge on any atom is 0.218 e. The van der Waals surface area contributed by atoms with Crippen molar-refractivity contribution in [3.05, 3.63) is 71.3 Å². The molecule has 0 atom stereocenters. The summed E-state index contributed by atoms with van der Waals surface area (Å²) in [5.74, 6) is 0.516. The molecule has 0 aliphatic rings. The van der Waals surface area contributed by atoms with Gasteiger partial charge in [0, 0.05) is 13.6 Å². The average Bonchev–Trinajstić information content (AvgIpc) is 2.48. The van der Waals surface area contributed by atoms with E-state index < -0.39 is 10.0 Å². The minimum atomic E-state index is -3.30. The zero-order chi connectivity index (χ0) is 16.2. The third-order valence-electron chi connectivity index (χ3n) is 3.72. The molecule has 2 aromatic rings. The summed E-state index contributed by atoms with van der Waals surface area (Å²) in [7, 11) is -1.67. The van der Waals surface area contributed by atoms with Crippen molar-refractivity contribution in [2.45, 2.75) is 32.1 Å². The molecule has 0 unspecified atom stereocenters. The van der Waals surface area contributed by atoms with Gasteiger partial charge in [0.25, 0.3) is 0 Å². The number of nitrogens with zero attached hydrogens (tertiary/aromatic N) is 1. The van der Waals surface area contributed by atoms with Crippen LogP contribution in [0.15, 0.2) is 54.6 Å². The van der Waals surface area contributed by atoms with Gasteiger partial charge in [0.2, 0.25) is 10.0 Å². The Balaban J connectivity index is 2.05. The molecule has 2 aromatic carbocycles. The van der Waals surface area contributed by atoms with Crippen LogP contribution in [0.5, 0.6) is 0 Å². The summed E-state index contributed by atoms with van der Waals surface area (Å²) in [4.78, 5) is 0. The number of hydrogen-bond acceptors (Lipinski definition) is 2. The second kappa shape index (κ2) is 7.07. The van der Waals surface area contributed by atoms with Crippen LogP contribution in [0.25, 0.3) is 0 Å². The van der Waals surface area contributed by atoms with Gasteiger partial charge < -0.3 is 0 Å². The van der Waals surface area contributed by atoms with Gasteiger partial charge in [-0.1, -0.05) is 68.4 Å². The molecular formula is C18H23NO2S. The van der Waals surface area contributed by atoms with E-state index in [4.69, 9.17) is 0 Å². The van der Waals surface area contributed by atoms with Crippen LogP contribution in [0.4, 0.5) is 0 Å². The van der Waals surface area contributed by atoms with Gasteiger partial charge in [-0.25, -0.2) is 12.7 Å². The molecular weight excluding hydrogens is 294 g/mol. The molecule has 4 heteroatoms. The summed E-state index contributed by atoms with van der Waals surface area (Å²) in [6, 6.07) is 17.4. The van der Waals surface area contributed by atoms with Gasteiger partial charge in [0.1, 0.15) is 0 Å². The number of rotatable bonds is 6. The minimum absolute atomic E-state index is 0.0361. The molecule has 0 spiro atoms. The molecule has 2 rings (SSSR count).